The number of halogens is 3. The van der Waals surface area contributed by atoms with Crippen LogP contribution in [0.25, 0.3) is 0 Å². The van der Waals surface area contributed by atoms with Gasteiger partial charge in [0.1, 0.15) is 5.69 Å². The lowest BCUT2D eigenvalue weighted by molar-refractivity contribution is -0.141. The van der Waals surface area contributed by atoms with Crippen molar-refractivity contribution in [2.75, 3.05) is 18.5 Å². The van der Waals surface area contributed by atoms with Crippen molar-refractivity contribution in [3.63, 3.8) is 0 Å². The zero-order valence-electron chi connectivity index (χ0n) is 9.17. The Morgan fingerprint density at radius 3 is 2.53 bits per heavy atom. The molecule has 0 spiro atoms. The summed E-state index contributed by atoms with van der Waals surface area (Å²) in [5.74, 6) is 0.00160. The van der Waals surface area contributed by atoms with E-state index in [0.29, 0.717) is 0 Å². The third-order valence-electron chi connectivity index (χ3n) is 2.56. The van der Waals surface area contributed by atoms with Gasteiger partial charge in [-0.05, 0) is 18.9 Å². The van der Waals surface area contributed by atoms with Crippen molar-refractivity contribution < 1.29 is 13.2 Å². The molecule has 0 radical (unpaired) electrons. The first-order valence-corrected chi connectivity index (χ1v) is 5.47. The van der Waals surface area contributed by atoms with Gasteiger partial charge in [-0.3, -0.25) is 5.43 Å². The van der Waals surface area contributed by atoms with Crippen LogP contribution in [-0.2, 0) is 6.18 Å². The summed E-state index contributed by atoms with van der Waals surface area (Å²) in [5.41, 5.74) is 1.88. The third kappa shape index (κ3) is 3.29. The standard InChI is InChI=1S/C10H13F3N4/c11-10(12,13)8-4-5-14-9(15-8)16-17-6-2-1-3-7-17/h4-5H,1-3,6-7H2,(H,14,15,16). The lowest BCUT2D eigenvalue weighted by atomic mass is 10.2. The van der Waals surface area contributed by atoms with E-state index in [9.17, 15) is 13.2 Å². The molecule has 17 heavy (non-hydrogen) atoms. The number of alkyl halides is 3. The molecular weight excluding hydrogens is 233 g/mol. The molecule has 2 heterocycles. The van der Waals surface area contributed by atoms with Crippen molar-refractivity contribution in [1.29, 1.82) is 0 Å². The molecule has 1 N–H and O–H groups in total. The number of hydrogen-bond donors (Lipinski definition) is 1. The van der Waals surface area contributed by atoms with Gasteiger partial charge in [0.25, 0.3) is 0 Å². The number of piperidine rings is 1. The largest absolute Gasteiger partial charge is 0.433 e. The fraction of sp³-hybridized carbons (Fsp3) is 0.600. The minimum Gasteiger partial charge on any atom is -0.287 e. The smallest absolute Gasteiger partial charge is 0.287 e. The molecule has 0 aromatic carbocycles. The summed E-state index contributed by atoms with van der Waals surface area (Å²) in [7, 11) is 0. The topological polar surface area (TPSA) is 41.1 Å². The van der Waals surface area contributed by atoms with Gasteiger partial charge in [-0.25, -0.2) is 15.0 Å². The number of hydrazine groups is 1. The number of anilines is 1. The second kappa shape index (κ2) is 4.87. The molecule has 0 amide bonds. The van der Waals surface area contributed by atoms with E-state index >= 15 is 0 Å². The van der Waals surface area contributed by atoms with E-state index in [1.807, 2.05) is 5.01 Å². The van der Waals surface area contributed by atoms with Crippen molar-refractivity contribution in [2.45, 2.75) is 25.4 Å². The van der Waals surface area contributed by atoms with Gasteiger partial charge in [0.2, 0.25) is 5.95 Å². The average Bonchev–Trinajstić information content (AvgIpc) is 2.29. The summed E-state index contributed by atoms with van der Waals surface area (Å²) in [6.45, 7) is 1.61. The monoisotopic (exact) mass is 246 g/mol. The van der Waals surface area contributed by atoms with E-state index in [4.69, 9.17) is 0 Å². The SMILES string of the molecule is FC(F)(F)c1ccnc(NN2CCCCC2)n1. The second-order valence-corrected chi connectivity index (χ2v) is 3.92. The van der Waals surface area contributed by atoms with Gasteiger partial charge in [-0.15, -0.1) is 0 Å². The molecule has 1 aliphatic heterocycles. The molecule has 1 aromatic heterocycles. The van der Waals surface area contributed by atoms with Crippen molar-refractivity contribution in [2.24, 2.45) is 0 Å². The highest BCUT2D eigenvalue weighted by molar-refractivity contribution is 5.24. The third-order valence-corrected chi connectivity index (χ3v) is 2.56. The van der Waals surface area contributed by atoms with Gasteiger partial charge in [-0.1, -0.05) is 6.42 Å². The van der Waals surface area contributed by atoms with E-state index < -0.39 is 11.9 Å². The minimum atomic E-state index is -4.43. The van der Waals surface area contributed by atoms with Gasteiger partial charge < -0.3 is 0 Å². The molecule has 7 heteroatoms. The van der Waals surface area contributed by atoms with Crippen LogP contribution in [0.1, 0.15) is 25.0 Å². The average molecular weight is 246 g/mol. The molecular formula is C10H13F3N4. The Hall–Kier alpha value is -1.37. The highest BCUT2D eigenvalue weighted by Gasteiger charge is 2.32. The van der Waals surface area contributed by atoms with E-state index in [-0.39, 0.29) is 5.95 Å². The van der Waals surface area contributed by atoms with Gasteiger partial charge >= 0.3 is 6.18 Å². The number of nitrogens with zero attached hydrogens (tertiary/aromatic N) is 3. The van der Waals surface area contributed by atoms with Crippen LogP contribution in [0.15, 0.2) is 12.3 Å². The fourth-order valence-corrected chi connectivity index (χ4v) is 1.72. The number of nitrogens with one attached hydrogen (secondary N) is 1. The molecule has 0 unspecified atom stereocenters. The first-order chi connectivity index (χ1) is 8.05. The normalized spacial score (nSPS) is 18.1. The Labute approximate surface area is 96.8 Å². The highest BCUT2D eigenvalue weighted by atomic mass is 19.4. The molecule has 0 saturated carbocycles. The van der Waals surface area contributed by atoms with Crippen LogP contribution in [0.4, 0.5) is 19.1 Å². The lowest BCUT2D eigenvalue weighted by Gasteiger charge is -2.26. The molecule has 1 aromatic rings. The zero-order chi connectivity index (χ0) is 12.3. The molecule has 0 aliphatic carbocycles. The van der Waals surface area contributed by atoms with Crippen LogP contribution >= 0.6 is 0 Å². The summed E-state index contributed by atoms with van der Waals surface area (Å²) in [6, 6.07) is 0.862. The van der Waals surface area contributed by atoms with Crippen molar-refractivity contribution in [3.8, 4) is 0 Å². The van der Waals surface area contributed by atoms with E-state index in [1.165, 1.54) is 0 Å². The molecule has 4 nitrogen and oxygen atoms in total. The van der Waals surface area contributed by atoms with Crippen LogP contribution in [0.3, 0.4) is 0 Å². The van der Waals surface area contributed by atoms with Crippen LogP contribution in [0.2, 0.25) is 0 Å². The molecule has 1 fully saturated rings. The minimum absolute atomic E-state index is 0.00160. The summed E-state index contributed by atoms with van der Waals surface area (Å²) in [5, 5.41) is 1.85. The first kappa shape index (κ1) is 12.1. The van der Waals surface area contributed by atoms with Crippen molar-refractivity contribution in [1.82, 2.24) is 15.0 Å². The predicted molar refractivity (Wildman–Crippen MR) is 56.1 cm³/mol. The second-order valence-electron chi connectivity index (χ2n) is 3.92. The summed E-state index contributed by atoms with van der Waals surface area (Å²) < 4.78 is 37.2. The zero-order valence-corrected chi connectivity index (χ0v) is 9.17. The molecule has 0 atom stereocenters. The lowest BCUT2D eigenvalue weighted by Crippen LogP contribution is -2.35. The molecule has 1 saturated heterocycles. The Morgan fingerprint density at radius 2 is 1.88 bits per heavy atom. The molecule has 2 rings (SSSR count). The summed E-state index contributed by atoms with van der Waals surface area (Å²) in [4.78, 5) is 7.23. The van der Waals surface area contributed by atoms with Crippen LogP contribution in [0, 0.1) is 0 Å². The van der Waals surface area contributed by atoms with Crippen LogP contribution in [-0.4, -0.2) is 28.1 Å². The first-order valence-electron chi connectivity index (χ1n) is 5.47. The molecule has 94 valence electrons. The Balaban J connectivity index is 2.05. The van der Waals surface area contributed by atoms with Crippen LogP contribution < -0.4 is 5.43 Å². The summed E-state index contributed by atoms with van der Waals surface area (Å²) >= 11 is 0. The van der Waals surface area contributed by atoms with Crippen LogP contribution in [0.5, 0.6) is 0 Å². The van der Waals surface area contributed by atoms with Gasteiger partial charge in [0.15, 0.2) is 0 Å². The number of rotatable bonds is 2. The predicted octanol–water partition coefficient (Wildman–Crippen LogP) is 2.31. The van der Waals surface area contributed by atoms with E-state index in [1.54, 1.807) is 0 Å². The quantitative estimate of drug-likeness (QED) is 0.869. The molecule has 1 aliphatic rings. The van der Waals surface area contributed by atoms with E-state index in [2.05, 4.69) is 15.4 Å². The molecule has 0 bridgehead atoms. The number of aromatic nitrogens is 2. The Bertz CT molecular complexity index is 374. The summed E-state index contributed by atoms with van der Waals surface area (Å²) in [6.07, 6.45) is -0.0943. The van der Waals surface area contributed by atoms with Gasteiger partial charge in [0, 0.05) is 19.3 Å². The number of hydrogen-bond acceptors (Lipinski definition) is 4. The van der Waals surface area contributed by atoms with Gasteiger partial charge in [-0.2, -0.15) is 13.2 Å². The highest BCUT2D eigenvalue weighted by Crippen LogP contribution is 2.27. The van der Waals surface area contributed by atoms with Gasteiger partial charge in [0.05, 0.1) is 0 Å². The maximum absolute atomic E-state index is 12.4. The van der Waals surface area contributed by atoms with E-state index in [0.717, 1.165) is 44.6 Å². The van der Waals surface area contributed by atoms with Crippen molar-refractivity contribution >= 4 is 5.95 Å². The van der Waals surface area contributed by atoms with Crippen molar-refractivity contribution in [3.05, 3.63) is 18.0 Å². The maximum Gasteiger partial charge on any atom is 0.433 e. The Kier molecular flexibility index (Phi) is 3.46. The maximum atomic E-state index is 12.4. The fourth-order valence-electron chi connectivity index (χ4n) is 1.72. The Morgan fingerprint density at radius 1 is 1.18 bits per heavy atom.